The van der Waals surface area contributed by atoms with Gasteiger partial charge in [0.25, 0.3) is 0 Å². The maximum atomic E-state index is 13.1. The lowest BCUT2D eigenvalue weighted by Crippen LogP contribution is -2.30. The van der Waals surface area contributed by atoms with Crippen molar-refractivity contribution in [2.24, 2.45) is 11.8 Å². The summed E-state index contributed by atoms with van der Waals surface area (Å²) in [7, 11) is -9.91. The number of carbonyl (C=O) groups excluding carboxylic acids is 4. The Morgan fingerprint density at radius 2 is 0.465 bits per heavy atom. The molecule has 0 fully saturated rings. The average Bonchev–Trinajstić information content (AvgIpc) is 1.08. The average molecular weight is 1450 g/mol. The van der Waals surface area contributed by atoms with Crippen LogP contribution in [0.3, 0.4) is 0 Å². The highest BCUT2D eigenvalue weighted by molar-refractivity contribution is 7.47. The number of unbranched alkanes of at least 4 members (excludes halogenated alkanes) is 49. The maximum absolute atomic E-state index is 13.1. The van der Waals surface area contributed by atoms with Gasteiger partial charge in [-0.15, -0.1) is 0 Å². The van der Waals surface area contributed by atoms with Crippen molar-refractivity contribution in [2.45, 2.75) is 439 Å². The van der Waals surface area contributed by atoms with Crippen molar-refractivity contribution in [1.29, 1.82) is 0 Å². The van der Waals surface area contributed by atoms with Crippen LogP contribution in [0.15, 0.2) is 0 Å². The first kappa shape index (κ1) is 97.1. The predicted octanol–water partition coefficient (Wildman–Crippen LogP) is 23.9. The number of hydrogen-bond acceptors (Lipinski definition) is 15. The number of phosphoric acid groups is 2. The zero-order valence-corrected chi connectivity index (χ0v) is 66.6. The third kappa shape index (κ3) is 74.1. The summed E-state index contributed by atoms with van der Waals surface area (Å²) in [5.41, 5.74) is 0. The van der Waals surface area contributed by atoms with Crippen LogP contribution < -0.4 is 0 Å². The van der Waals surface area contributed by atoms with Gasteiger partial charge in [-0.05, 0) is 37.5 Å². The van der Waals surface area contributed by atoms with E-state index in [4.69, 9.17) is 37.0 Å². The minimum atomic E-state index is -4.96. The van der Waals surface area contributed by atoms with Crippen LogP contribution in [0, 0.1) is 11.8 Å². The molecule has 0 radical (unpaired) electrons. The first-order valence-electron chi connectivity index (χ1n) is 41.5. The van der Waals surface area contributed by atoms with Gasteiger partial charge in [0.05, 0.1) is 26.4 Å². The molecule has 0 aliphatic rings. The van der Waals surface area contributed by atoms with Gasteiger partial charge in [-0.1, -0.05) is 369 Å². The van der Waals surface area contributed by atoms with Gasteiger partial charge in [0.2, 0.25) is 0 Å². The van der Waals surface area contributed by atoms with Crippen LogP contribution in [0.2, 0.25) is 0 Å². The van der Waals surface area contributed by atoms with Crippen LogP contribution in [0.25, 0.3) is 0 Å². The number of ether oxygens (including phenoxy) is 4. The van der Waals surface area contributed by atoms with Crippen LogP contribution in [0.1, 0.15) is 420 Å². The van der Waals surface area contributed by atoms with E-state index in [1.54, 1.807) is 0 Å². The zero-order valence-electron chi connectivity index (χ0n) is 64.8. The molecule has 5 atom stereocenters. The summed E-state index contributed by atoms with van der Waals surface area (Å²) in [4.78, 5) is 72.8. The summed E-state index contributed by atoms with van der Waals surface area (Å²) in [6, 6.07) is 0. The molecule has 99 heavy (non-hydrogen) atoms. The second kappa shape index (κ2) is 71.7. The number of rotatable bonds is 79. The van der Waals surface area contributed by atoms with Gasteiger partial charge in [0.1, 0.15) is 19.3 Å². The lowest BCUT2D eigenvalue weighted by Gasteiger charge is -2.21. The molecule has 0 amide bonds. The highest BCUT2D eigenvalue weighted by Crippen LogP contribution is 2.45. The lowest BCUT2D eigenvalue weighted by molar-refractivity contribution is -0.161. The van der Waals surface area contributed by atoms with Crippen LogP contribution in [0.5, 0.6) is 0 Å². The molecule has 3 N–H and O–H groups in total. The number of aliphatic hydroxyl groups excluding tert-OH is 1. The molecule has 19 heteroatoms. The fourth-order valence-corrected chi connectivity index (χ4v) is 13.9. The number of carbonyl (C=O) groups is 4. The third-order valence-electron chi connectivity index (χ3n) is 18.7. The molecule has 0 aromatic rings. The smallest absolute Gasteiger partial charge is 0.462 e. The molecule has 0 bridgehead atoms. The van der Waals surface area contributed by atoms with E-state index < -0.39 is 97.5 Å². The minimum absolute atomic E-state index is 0.104. The Balaban J connectivity index is 5.15. The molecule has 0 spiro atoms. The summed E-state index contributed by atoms with van der Waals surface area (Å²) in [5.74, 6) is -0.601. The van der Waals surface area contributed by atoms with E-state index in [1.165, 1.54) is 231 Å². The molecule has 0 rings (SSSR count). The van der Waals surface area contributed by atoms with Crippen molar-refractivity contribution in [3.05, 3.63) is 0 Å². The Bertz CT molecular complexity index is 1910. The zero-order chi connectivity index (χ0) is 72.8. The van der Waals surface area contributed by atoms with E-state index in [0.29, 0.717) is 31.6 Å². The highest BCUT2D eigenvalue weighted by atomic mass is 31.2. The van der Waals surface area contributed by atoms with E-state index in [-0.39, 0.29) is 25.7 Å². The molecule has 0 aliphatic heterocycles. The summed E-state index contributed by atoms with van der Waals surface area (Å²) >= 11 is 0. The van der Waals surface area contributed by atoms with Crippen LogP contribution in [0.4, 0.5) is 0 Å². The summed E-state index contributed by atoms with van der Waals surface area (Å²) in [6.45, 7) is 9.56. The summed E-state index contributed by atoms with van der Waals surface area (Å²) in [6.07, 6.45) is 61.5. The van der Waals surface area contributed by atoms with Crippen LogP contribution in [-0.4, -0.2) is 96.7 Å². The monoisotopic (exact) mass is 1450 g/mol. The number of esters is 4. The van der Waals surface area contributed by atoms with Crippen molar-refractivity contribution >= 4 is 39.5 Å². The second-order valence-corrected chi connectivity index (χ2v) is 32.7. The molecule has 0 aromatic carbocycles. The largest absolute Gasteiger partial charge is 0.472 e. The Morgan fingerprint density at radius 1 is 0.273 bits per heavy atom. The molecule has 2 unspecified atom stereocenters. The topological polar surface area (TPSA) is 237 Å². The summed E-state index contributed by atoms with van der Waals surface area (Å²) < 4.78 is 68.5. The molecule has 588 valence electrons. The molecule has 0 saturated heterocycles. The fraction of sp³-hybridized carbons (Fsp3) is 0.950. The molecule has 0 heterocycles. The third-order valence-corrected chi connectivity index (χ3v) is 20.6. The predicted molar refractivity (Wildman–Crippen MR) is 405 cm³/mol. The normalized spacial score (nSPS) is 13.9. The number of hydrogen-bond donors (Lipinski definition) is 3. The fourth-order valence-electron chi connectivity index (χ4n) is 12.4. The van der Waals surface area contributed by atoms with Crippen molar-refractivity contribution < 1.29 is 80.2 Å². The van der Waals surface area contributed by atoms with Gasteiger partial charge in [0, 0.05) is 25.7 Å². The van der Waals surface area contributed by atoms with E-state index >= 15 is 0 Å². The molecule has 17 nitrogen and oxygen atoms in total. The molecular formula is C80H156O17P2. The molecular weight excluding hydrogens is 1290 g/mol. The van der Waals surface area contributed by atoms with Crippen molar-refractivity contribution in [2.75, 3.05) is 39.6 Å². The van der Waals surface area contributed by atoms with Crippen LogP contribution in [-0.2, 0) is 65.4 Å². The minimum Gasteiger partial charge on any atom is -0.462 e. The van der Waals surface area contributed by atoms with E-state index in [0.717, 1.165) is 102 Å². The SMILES string of the molecule is CCCCCCCCCCCCCCCCCCCCCCC(=O)OC[C@H](COP(=O)(O)OC[C@@H](O)COP(=O)(O)OC[C@@H](COC(=O)CCCCCCCCCC)OC(=O)CCCCCCCCCC(C)C)OC(=O)CCCCCCCCCCCCCCCCCCCCC(C)C. The number of aliphatic hydroxyl groups is 1. The van der Waals surface area contributed by atoms with E-state index in [2.05, 4.69) is 41.5 Å². The molecule has 0 aliphatic carbocycles. The van der Waals surface area contributed by atoms with Gasteiger partial charge in [0.15, 0.2) is 12.2 Å². The Hall–Kier alpha value is -1.94. The first-order chi connectivity index (χ1) is 47.9. The van der Waals surface area contributed by atoms with Crippen molar-refractivity contribution in [1.82, 2.24) is 0 Å². The lowest BCUT2D eigenvalue weighted by atomic mass is 10.0. The van der Waals surface area contributed by atoms with E-state index in [9.17, 15) is 43.2 Å². The first-order valence-corrected chi connectivity index (χ1v) is 44.5. The van der Waals surface area contributed by atoms with Gasteiger partial charge < -0.3 is 33.8 Å². The Kier molecular flexibility index (Phi) is 70.3. The highest BCUT2D eigenvalue weighted by Gasteiger charge is 2.30. The quantitative estimate of drug-likeness (QED) is 0.0222. The Morgan fingerprint density at radius 3 is 0.687 bits per heavy atom. The Labute approximate surface area is 607 Å². The molecule has 0 saturated carbocycles. The van der Waals surface area contributed by atoms with Crippen LogP contribution >= 0.6 is 15.6 Å². The van der Waals surface area contributed by atoms with E-state index in [1.807, 2.05) is 0 Å². The summed E-state index contributed by atoms with van der Waals surface area (Å²) in [5, 5.41) is 10.6. The molecule has 0 aromatic heterocycles. The van der Waals surface area contributed by atoms with Gasteiger partial charge in [-0.2, -0.15) is 0 Å². The second-order valence-electron chi connectivity index (χ2n) is 29.8. The standard InChI is InChI=1S/C80H156O17P2/c1-7-9-11-13-15-17-18-19-20-21-22-23-27-30-33-36-39-45-51-57-63-78(83)91-69-75(96-79(84)64-58-52-46-40-37-34-31-28-25-24-26-29-32-35-38-42-48-54-60-72(3)4)70-94-98(86,87)92-66-74(81)67-93-99(88,89)95-71-76(68-90-77(82)62-56-50-44-16-14-12-10-8-2)97-80(85)65-59-53-47-41-43-49-55-61-73(5)6/h72-76,81H,7-71H2,1-6H3,(H,86,87)(H,88,89)/t74-,75-,76-/m1/s1. The van der Waals surface area contributed by atoms with Gasteiger partial charge in [-0.3, -0.25) is 37.3 Å². The van der Waals surface area contributed by atoms with Gasteiger partial charge >= 0.3 is 39.5 Å². The van der Waals surface area contributed by atoms with Crippen molar-refractivity contribution in [3.63, 3.8) is 0 Å². The number of phosphoric ester groups is 2. The van der Waals surface area contributed by atoms with Crippen molar-refractivity contribution in [3.8, 4) is 0 Å². The maximum Gasteiger partial charge on any atom is 0.472 e. The van der Waals surface area contributed by atoms with Gasteiger partial charge in [-0.25, -0.2) is 9.13 Å².